The van der Waals surface area contributed by atoms with Crippen LogP contribution in [0.15, 0.2) is 77.7 Å². The molecule has 1 amide bonds. The monoisotopic (exact) mass is 488 g/mol. The maximum atomic E-state index is 12.9. The first kappa shape index (κ1) is 24.4. The normalized spacial score (nSPS) is 11.0. The van der Waals surface area contributed by atoms with E-state index in [1.165, 1.54) is 23.1 Å². The molecule has 33 heavy (non-hydrogen) atoms. The zero-order valence-electron chi connectivity index (χ0n) is 18.3. The SMILES string of the molecule is CCOc1ccc(NS(=O)(=O)c2cc(C(=O)N(C)CCOc3ccccc3)ccc2Cl)cc1. The number of anilines is 1. The largest absolute Gasteiger partial charge is 0.494 e. The van der Waals surface area contributed by atoms with Crippen molar-refractivity contribution in [2.45, 2.75) is 11.8 Å². The van der Waals surface area contributed by atoms with Crippen LogP contribution in [0, 0.1) is 0 Å². The van der Waals surface area contributed by atoms with E-state index in [4.69, 9.17) is 21.1 Å². The van der Waals surface area contributed by atoms with Crippen LogP contribution in [0.2, 0.25) is 5.02 Å². The third kappa shape index (κ3) is 6.63. The maximum absolute atomic E-state index is 12.9. The van der Waals surface area contributed by atoms with E-state index in [2.05, 4.69) is 4.72 Å². The van der Waals surface area contributed by atoms with Crippen LogP contribution < -0.4 is 14.2 Å². The lowest BCUT2D eigenvalue weighted by Gasteiger charge is -2.18. The molecule has 0 radical (unpaired) electrons. The number of likely N-dealkylation sites (N-methyl/N-ethyl adjacent to an activating group) is 1. The van der Waals surface area contributed by atoms with E-state index < -0.39 is 10.0 Å². The van der Waals surface area contributed by atoms with E-state index in [9.17, 15) is 13.2 Å². The van der Waals surface area contributed by atoms with Gasteiger partial charge >= 0.3 is 0 Å². The lowest BCUT2D eigenvalue weighted by atomic mass is 10.2. The molecule has 0 aliphatic heterocycles. The van der Waals surface area contributed by atoms with Crippen molar-refractivity contribution < 1.29 is 22.7 Å². The van der Waals surface area contributed by atoms with Crippen LogP contribution in [0.3, 0.4) is 0 Å². The average Bonchev–Trinajstić information content (AvgIpc) is 2.80. The number of ether oxygens (including phenoxy) is 2. The molecule has 3 aromatic carbocycles. The van der Waals surface area contributed by atoms with Gasteiger partial charge in [-0.3, -0.25) is 9.52 Å². The van der Waals surface area contributed by atoms with Gasteiger partial charge < -0.3 is 14.4 Å². The molecule has 0 fully saturated rings. The Morgan fingerprint density at radius 2 is 1.64 bits per heavy atom. The van der Waals surface area contributed by atoms with Crippen LogP contribution >= 0.6 is 11.6 Å². The highest BCUT2D eigenvalue weighted by Crippen LogP contribution is 2.26. The van der Waals surface area contributed by atoms with Gasteiger partial charge in [-0.1, -0.05) is 29.8 Å². The van der Waals surface area contributed by atoms with Crippen molar-refractivity contribution in [1.29, 1.82) is 0 Å². The molecule has 3 aromatic rings. The van der Waals surface area contributed by atoms with Crippen molar-refractivity contribution in [2.75, 3.05) is 31.5 Å². The Morgan fingerprint density at radius 3 is 2.30 bits per heavy atom. The Kier molecular flexibility index (Phi) is 8.19. The number of nitrogens with one attached hydrogen (secondary N) is 1. The Labute approximate surface area is 198 Å². The molecule has 9 heteroatoms. The number of hydrogen-bond acceptors (Lipinski definition) is 5. The van der Waals surface area contributed by atoms with Gasteiger partial charge in [-0.2, -0.15) is 0 Å². The molecule has 0 saturated heterocycles. The number of rotatable bonds is 10. The highest BCUT2D eigenvalue weighted by atomic mass is 35.5. The van der Waals surface area contributed by atoms with Gasteiger partial charge in [0, 0.05) is 18.3 Å². The van der Waals surface area contributed by atoms with E-state index in [1.807, 2.05) is 37.3 Å². The molecule has 0 unspecified atom stereocenters. The van der Waals surface area contributed by atoms with Crippen molar-refractivity contribution in [3.63, 3.8) is 0 Å². The Bertz CT molecular complexity index is 1190. The summed E-state index contributed by atoms with van der Waals surface area (Å²) in [6.07, 6.45) is 0. The van der Waals surface area contributed by atoms with Crippen molar-refractivity contribution in [1.82, 2.24) is 4.90 Å². The van der Waals surface area contributed by atoms with E-state index in [1.54, 1.807) is 31.3 Å². The molecular weight excluding hydrogens is 464 g/mol. The van der Waals surface area contributed by atoms with Crippen LogP contribution in [0.5, 0.6) is 11.5 Å². The molecule has 0 aliphatic rings. The van der Waals surface area contributed by atoms with E-state index >= 15 is 0 Å². The third-order valence-electron chi connectivity index (χ3n) is 4.67. The first-order valence-corrected chi connectivity index (χ1v) is 12.1. The van der Waals surface area contributed by atoms with Crippen LogP contribution in [0.4, 0.5) is 5.69 Å². The fourth-order valence-electron chi connectivity index (χ4n) is 2.98. The predicted molar refractivity (Wildman–Crippen MR) is 129 cm³/mol. The van der Waals surface area contributed by atoms with Gasteiger partial charge in [0.25, 0.3) is 15.9 Å². The fourth-order valence-corrected chi connectivity index (χ4v) is 4.56. The molecule has 0 aromatic heterocycles. The topological polar surface area (TPSA) is 84.9 Å². The molecule has 174 valence electrons. The zero-order valence-corrected chi connectivity index (χ0v) is 19.9. The molecule has 0 aliphatic carbocycles. The zero-order chi connectivity index (χ0) is 23.8. The van der Waals surface area contributed by atoms with Gasteiger partial charge in [0.2, 0.25) is 0 Å². The summed E-state index contributed by atoms with van der Waals surface area (Å²) in [4.78, 5) is 14.1. The van der Waals surface area contributed by atoms with Gasteiger partial charge in [0.05, 0.1) is 18.2 Å². The quantitative estimate of drug-likeness (QED) is 0.447. The summed E-state index contributed by atoms with van der Waals surface area (Å²) in [7, 11) is -2.40. The minimum absolute atomic E-state index is 0.0139. The van der Waals surface area contributed by atoms with Gasteiger partial charge in [-0.15, -0.1) is 0 Å². The smallest absolute Gasteiger partial charge is 0.263 e. The summed E-state index contributed by atoms with van der Waals surface area (Å²) in [5, 5.41) is 0.0139. The summed E-state index contributed by atoms with van der Waals surface area (Å²) in [5.74, 6) is 0.991. The summed E-state index contributed by atoms with van der Waals surface area (Å²) in [6, 6.07) is 19.9. The van der Waals surface area contributed by atoms with E-state index in [0.29, 0.717) is 36.9 Å². The number of carbonyl (C=O) groups is 1. The Balaban J connectivity index is 1.69. The van der Waals surface area contributed by atoms with E-state index in [0.717, 1.165) is 0 Å². The predicted octanol–water partition coefficient (Wildman–Crippen LogP) is 4.69. The molecule has 0 heterocycles. The van der Waals surface area contributed by atoms with Gasteiger partial charge in [-0.05, 0) is 61.5 Å². The summed E-state index contributed by atoms with van der Waals surface area (Å²) in [5.41, 5.74) is 0.551. The number of sulfonamides is 1. The van der Waals surface area contributed by atoms with Crippen molar-refractivity contribution in [2.24, 2.45) is 0 Å². The first-order valence-electron chi connectivity index (χ1n) is 10.3. The van der Waals surface area contributed by atoms with Gasteiger partial charge in [0.1, 0.15) is 23.0 Å². The summed E-state index contributed by atoms with van der Waals surface area (Å²) >= 11 is 6.17. The van der Waals surface area contributed by atoms with Crippen LogP contribution in [0.1, 0.15) is 17.3 Å². The second kappa shape index (κ2) is 11.1. The second-order valence-corrected chi connectivity index (χ2v) is 9.15. The lowest BCUT2D eigenvalue weighted by molar-refractivity contribution is 0.0773. The molecule has 0 saturated carbocycles. The van der Waals surface area contributed by atoms with Crippen molar-refractivity contribution in [3.8, 4) is 11.5 Å². The third-order valence-corrected chi connectivity index (χ3v) is 6.53. The number of para-hydroxylation sites is 1. The van der Waals surface area contributed by atoms with Crippen molar-refractivity contribution in [3.05, 3.63) is 83.4 Å². The number of nitrogens with zero attached hydrogens (tertiary/aromatic N) is 1. The fraction of sp³-hybridized carbons (Fsp3) is 0.208. The molecule has 1 N–H and O–H groups in total. The molecular formula is C24H25ClN2O5S. The van der Waals surface area contributed by atoms with Crippen LogP contribution in [-0.2, 0) is 10.0 Å². The van der Waals surface area contributed by atoms with E-state index in [-0.39, 0.29) is 21.4 Å². The van der Waals surface area contributed by atoms with Gasteiger partial charge in [-0.25, -0.2) is 8.42 Å². The first-order chi connectivity index (χ1) is 15.8. The van der Waals surface area contributed by atoms with Crippen LogP contribution in [0.25, 0.3) is 0 Å². The maximum Gasteiger partial charge on any atom is 0.263 e. The van der Waals surface area contributed by atoms with Crippen LogP contribution in [-0.4, -0.2) is 46.0 Å². The highest BCUT2D eigenvalue weighted by Gasteiger charge is 2.22. The highest BCUT2D eigenvalue weighted by molar-refractivity contribution is 7.92. The molecule has 7 nitrogen and oxygen atoms in total. The molecule has 0 bridgehead atoms. The second-order valence-electron chi connectivity index (χ2n) is 7.10. The minimum Gasteiger partial charge on any atom is -0.494 e. The van der Waals surface area contributed by atoms with Gasteiger partial charge in [0.15, 0.2) is 0 Å². The Hall–Kier alpha value is -3.23. The number of benzene rings is 3. The molecule has 3 rings (SSSR count). The number of halogens is 1. The average molecular weight is 489 g/mol. The number of carbonyl (C=O) groups excluding carboxylic acids is 1. The summed E-state index contributed by atoms with van der Waals surface area (Å²) < 4.78 is 39.3. The number of amides is 1. The molecule has 0 atom stereocenters. The molecule has 0 spiro atoms. The lowest BCUT2D eigenvalue weighted by Crippen LogP contribution is -2.31. The standard InChI is InChI=1S/C24H25ClN2O5S/c1-3-31-21-12-10-19(11-13-21)26-33(29,30)23-17-18(9-14-22(23)25)24(28)27(2)15-16-32-20-7-5-4-6-8-20/h4-14,17,26H,3,15-16H2,1-2H3. The Morgan fingerprint density at radius 1 is 0.970 bits per heavy atom. The number of hydrogen-bond donors (Lipinski definition) is 1. The minimum atomic E-state index is -4.02. The van der Waals surface area contributed by atoms with Crippen molar-refractivity contribution >= 4 is 33.2 Å². The summed E-state index contributed by atoms with van der Waals surface area (Å²) in [6.45, 7) is 2.99.